The summed E-state index contributed by atoms with van der Waals surface area (Å²) < 4.78 is 39.4. The van der Waals surface area contributed by atoms with Crippen LogP contribution in [-0.4, -0.2) is 23.2 Å². The Labute approximate surface area is 132 Å². The number of aromatic nitrogens is 2. The Morgan fingerprint density at radius 2 is 1.87 bits per heavy atom. The fraction of sp³-hybridized carbons (Fsp3) is 0. The number of rotatable bonds is 4. The Kier molecular flexibility index (Phi) is 3.79. The summed E-state index contributed by atoms with van der Waals surface area (Å²) >= 11 is 0. The molecule has 7 heteroatoms. The average molecular weight is 330 g/mol. The van der Waals surface area contributed by atoms with E-state index >= 15 is 0 Å². The van der Waals surface area contributed by atoms with Gasteiger partial charge in [-0.1, -0.05) is 12.1 Å². The zero-order valence-electron chi connectivity index (χ0n) is 11.8. The normalized spacial score (nSPS) is 11.3. The van der Waals surface area contributed by atoms with E-state index in [0.29, 0.717) is 0 Å². The van der Waals surface area contributed by atoms with Gasteiger partial charge in [0.25, 0.3) is 10.0 Å². The van der Waals surface area contributed by atoms with E-state index in [0.717, 1.165) is 10.2 Å². The fourth-order valence-corrected chi connectivity index (χ4v) is 3.24. The van der Waals surface area contributed by atoms with E-state index in [1.165, 1.54) is 55.0 Å². The average Bonchev–Trinajstić information content (AvgIpc) is 3.06. The molecule has 0 radical (unpaired) electrons. The smallest absolute Gasteiger partial charge is 0.269 e. The molecule has 0 spiro atoms. The second-order valence-corrected chi connectivity index (χ2v) is 6.58. The first-order valence-electron chi connectivity index (χ1n) is 6.63. The van der Waals surface area contributed by atoms with Crippen LogP contribution in [0.3, 0.4) is 0 Å². The quantitative estimate of drug-likeness (QED) is 0.689. The van der Waals surface area contributed by atoms with Gasteiger partial charge >= 0.3 is 0 Å². The number of pyridine rings is 1. The Hall–Kier alpha value is -2.80. The van der Waals surface area contributed by atoms with Gasteiger partial charge in [-0.3, -0.25) is 9.78 Å². The minimum Gasteiger partial charge on any atom is -0.288 e. The highest BCUT2D eigenvalue weighted by molar-refractivity contribution is 7.90. The fourth-order valence-electron chi connectivity index (χ4n) is 2.08. The number of hydrogen-bond acceptors (Lipinski definition) is 4. The lowest BCUT2D eigenvalue weighted by atomic mass is 10.1. The minimum absolute atomic E-state index is 0.000454. The van der Waals surface area contributed by atoms with E-state index in [1.54, 1.807) is 6.07 Å². The summed E-state index contributed by atoms with van der Waals surface area (Å²) in [6, 6.07) is 9.79. The highest BCUT2D eigenvalue weighted by atomic mass is 32.2. The van der Waals surface area contributed by atoms with Crippen molar-refractivity contribution in [3.8, 4) is 0 Å². The maximum Gasteiger partial charge on any atom is 0.269 e. The summed E-state index contributed by atoms with van der Waals surface area (Å²) in [5.41, 5.74) is -0.0217. The maximum absolute atomic E-state index is 13.7. The van der Waals surface area contributed by atoms with Crippen molar-refractivity contribution < 1.29 is 17.6 Å². The zero-order valence-corrected chi connectivity index (χ0v) is 12.6. The van der Waals surface area contributed by atoms with Gasteiger partial charge in [-0.2, -0.15) is 0 Å². The molecule has 0 bridgehead atoms. The molecule has 1 aromatic carbocycles. The second kappa shape index (κ2) is 5.77. The van der Waals surface area contributed by atoms with Gasteiger partial charge in [0.05, 0.1) is 5.56 Å². The van der Waals surface area contributed by atoms with Gasteiger partial charge in [0.1, 0.15) is 10.7 Å². The molecule has 0 unspecified atom stereocenters. The van der Waals surface area contributed by atoms with Crippen LogP contribution < -0.4 is 0 Å². The number of ketones is 1. The zero-order chi connectivity index (χ0) is 16.4. The molecule has 3 aromatic rings. The maximum atomic E-state index is 13.7. The number of carbonyl (C=O) groups excluding carboxylic acids is 1. The molecule has 0 fully saturated rings. The number of nitrogens with zero attached hydrogens (tertiary/aromatic N) is 2. The van der Waals surface area contributed by atoms with Gasteiger partial charge in [-0.25, -0.2) is 16.8 Å². The van der Waals surface area contributed by atoms with Gasteiger partial charge in [-0.15, -0.1) is 0 Å². The summed E-state index contributed by atoms with van der Waals surface area (Å²) in [6.07, 6.45) is 5.09. The molecule has 23 heavy (non-hydrogen) atoms. The van der Waals surface area contributed by atoms with Gasteiger partial charge in [0, 0.05) is 30.4 Å². The van der Waals surface area contributed by atoms with Crippen molar-refractivity contribution in [3.05, 3.63) is 84.2 Å². The van der Waals surface area contributed by atoms with E-state index < -0.39 is 21.6 Å². The largest absolute Gasteiger partial charge is 0.288 e. The van der Waals surface area contributed by atoms with E-state index in [1.807, 2.05) is 0 Å². The molecule has 0 aliphatic rings. The number of carbonyl (C=O) groups is 1. The molecular formula is C16H11FN2O3S. The predicted molar refractivity (Wildman–Crippen MR) is 81.1 cm³/mol. The Morgan fingerprint density at radius 3 is 2.57 bits per heavy atom. The first-order chi connectivity index (χ1) is 11.0. The van der Waals surface area contributed by atoms with Crippen molar-refractivity contribution in [1.29, 1.82) is 0 Å². The lowest BCUT2D eigenvalue weighted by Gasteiger charge is -2.04. The summed E-state index contributed by atoms with van der Waals surface area (Å²) in [5.74, 6) is -1.23. The molecule has 3 rings (SSSR count). The Bertz CT molecular complexity index is 966. The van der Waals surface area contributed by atoms with Crippen molar-refractivity contribution in [2.75, 3.05) is 0 Å². The number of halogens is 1. The third-order valence-electron chi connectivity index (χ3n) is 3.26. The molecule has 0 saturated heterocycles. The number of hydrogen-bond donors (Lipinski definition) is 0. The van der Waals surface area contributed by atoms with E-state index in [9.17, 15) is 17.6 Å². The van der Waals surface area contributed by atoms with Crippen molar-refractivity contribution in [2.24, 2.45) is 0 Å². The van der Waals surface area contributed by atoms with E-state index in [4.69, 9.17) is 0 Å². The Morgan fingerprint density at radius 1 is 1.09 bits per heavy atom. The van der Waals surface area contributed by atoms with Crippen LogP contribution in [0.5, 0.6) is 0 Å². The molecular weight excluding hydrogens is 319 g/mol. The van der Waals surface area contributed by atoms with Crippen LogP contribution in [0.25, 0.3) is 0 Å². The van der Waals surface area contributed by atoms with Crippen molar-refractivity contribution in [1.82, 2.24) is 8.96 Å². The molecule has 2 aromatic heterocycles. The molecule has 0 N–H and O–H groups in total. The molecule has 0 aliphatic carbocycles. The van der Waals surface area contributed by atoms with Gasteiger partial charge in [-0.05, 0) is 30.3 Å². The standard InChI is InChI=1S/C16H11FN2O3S/c17-15-6-2-1-5-14(15)16(20)12-7-9-19(11-12)23(21,22)13-4-3-8-18-10-13/h1-11H. The topological polar surface area (TPSA) is 69.0 Å². The second-order valence-electron chi connectivity index (χ2n) is 4.73. The van der Waals surface area contributed by atoms with Crippen molar-refractivity contribution in [2.45, 2.75) is 4.90 Å². The van der Waals surface area contributed by atoms with Crippen LogP contribution in [0, 0.1) is 5.82 Å². The van der Waals surface area contributed by atoms with Crippen molar-refractivity contribution in [3.63, 3.8) is 0 Å². The molecule has 2 heterocycles. The van der Waals surface area contributed by atoms with E-state index in [2.05, 4.69) is 4.98 Å². The summed E-state index contributed by atoms with van der Waals surface area (Å²) in [5, 5.41) is 0. The van der Waals surface area contributed by atoms with E-state index in [-0.39, 0.29) is 16.0 Å². The monoisotopic (exact) mass is 330 g/mol. The van der Waals surface area contributed by atoms with Gasteiger partial charge in [0.2, 0.25) is 0 Å². The highest BCUT2D eigenvalue weighted by Crippen LogP contribution is 2.17. The number of benzene rings is 1. The summed E-state index contributed by atoms with van der Waals surface area (Å²) in [7, 11) is -3.84. The lowest BCUT2D eigenvalue weighted by Crippen LogP contribution is -2.11. The molecule has 0 atom stereocenters. The molecule has 0 saturated carbocycles. The molecule has 0 aliphatic heterocycles. The lowest BCUT2D eigenvalue weighted by molar-refractivity contribution is 0.103. The molecule has 116 valence electrons. The van der Waals surface area contributed by atoms with Crippen LogP contribution in [0.4, 0.5) is 4.39 Å². The van der Waals surface area contributed by atoms with Crippen LogP contribution in [0.2, 0.25) is 0 Å². The van der Waals surface area contributed by atoms with Crippen molar-refractivity contribution >= 4 is 15.8 Å². The predicted octanol–water partition coefficient (Wildman–Crippen LogP) is 2.49. The molecule has 0 amide bonds. The third kappa shape index (κ3) is 2.78. The first kappa shape index (κ1) is 15.1. The van der Waals surface area contributed by atoms with Gasteiger partial charge < -0.3 is 0 Å². The van der Waals surface area contributed by atoms with Crippen LogP contribution in [0.15, 0.2) is 72.1 Å². The summed E-state index contributed by atoms with van der Waals surface area (Å²) in [6.45, 7) is 0. The third-order valence-corrected chi connectivity index (χ3v) is 4.88. The molecule has 5 nitrogen and oxygen atoms in total. The highest BCUT2D eigenvalue weighted by Gasteiger charge is 2.20. The van der Waals surface area contributed by atoms with Gasteiger partial charge in [0.15, 0.2) is 5.78 Å². The van der Waals surface area contributed by atoms with Crippen LogP contribution in [0.1, 0.15) is 15.9 Å². The first-order valence-corrected chi connectivity index (χ1v) is 8.07. The van der Waals surface area contributed by atoms with Crippen LogP contribution >= 0.6 is 0 Å². The summed E-state index contributed by atoms with van der Waals surface area (Å²) in [4.78, 5) is 16.1. The SMILES string of the molecule is O=C(c1ccn(S(=O)(=O)c2cccnc2)c1)c1ccccc1F. The minimum atomic E-state index is -3.84. The Balaban J connectivity index is 1.99. The van der Waals surface area contributed by atoms with Crippen LogP contribution in [-0.2, 0) is 10.0 Å².